The minimum absolute atomic E-state index is 0.0238. The van der Waals surface area contributed by atoms with Gasteiger partial charge >= 0.3 is 0 Å². The molecule has 1 fully saturated rings. The van der Waals surface area contributed by atoms with Crippen LogP contribution >= 0.6 is 0 Å². The van der Waals surface area contributed by atoms with Crippen LogP contribution in [0.2, 0.25) is 0 Å². The Kier molecular flexibility index (Phi) is 2.62. The van der Waals surface area contributed by atoms with Crippen molar-refractivity contribution >= 4 is 5.91 Å². The summed E-state index contributed by atoms with van der Waals surface area (Å²) < 4.78 is 0. The third kappa shape index (κ3) is 1.96. The average molecular weight is 205 g/mol. The van der Waals surface area contributed by atoms with E-state index in [1.54, 1.807) is 17.0 Å². The Bertz CT molecular complexity index is 358. The van der Waals surface area contributed by atoms with E-state index < -0.39 is 0 Å². The molecule has 0 radical (unpaired) electrons. The maximum Gasteiger partial charge on any atom is 0.229 e. The first-order valence-corrected chi connectivity index (χ1v) is 5.22. The maximum atomic E-state index is 11.9. The Morgan fingerprint density at radius 2 is 2.00 bits per heavy atom. The largest absolute Gasteiger partial charge is 0.508 e. The number of phenols is 1. The van der Waals surface area contributed by atoms with E-state index in [-0.39, 0.29) is 17.6 Å². The van der Waals surface area contributed by atoms with Crippen LogP contribution in [0.3, 0.4) is 0 Å². The van der Waals surface area contributed by atoms with Crippen LogP contribution in [-0.2, 0) is 4.79 Å². The average Bonchev–Trinajstić information content (AvgIpc) is 2.24. The fourth-order valence-corrected chi connectivity index (χ4v) is 2.05. The zero-order valence-electron chi connectivity index (χ0n) is 8.81. The number of carbonyl (C=O) groups is 1. The fourth-order valence-electron chi connectivity index (χ4n) is 2.05. The topological polar surface area (TPSA) is 40.5 Å². The summed E-state index contributed by atoms with van der Waals surface area (Å²) in [5, 5.41) is 9.18. The van der Waals surface area contributed by atoms with Gasteiger partial charge in [-0.2, -0.15) is 0 Å². The van der Waals surface area contributed by atoms with Gasteiger partial charge in [-0.1, -0.05) is 12.1 Å². The number of hydrogen-bond donors (Lipinski definition) is 1. The van der Waals surface area contributed by atoms with Crippen molar-refractivity contribution in [1.82, 2.24) is 4.90 Å². The van der Waals surface area contributed by atoms with E-state index in [9.17, 15) is 9.90 Å². The number of piperidine rings is 1. The number of likely N-dealkylation sites (N-methyl/N-ethyl adjacent to an activating group) is 1. The van der Waals surface area contributed by atoms with Gasteiger partial charge in [-0.3, -0.25) is 4.79 Å². The van der Waals surface area contributed by atoms with Crippen LogP contribution in [0.4, 0.5) is 0 Å². The van der Waals surface area contributed by atoms with Crippen molar-refractivity contribution in [3.05, 3.63) is 29.8 Å². The lowest BCUT2D eigenvalue weighted by atomic mass is 9.90. The van der Waals surface area contributed by atoms with E-state index in [0.29, 0.717) is 0 Å². The van der Waals surface area contributed by atoms with Crippen LogP contribution < -0.4 is 0 Å². The molecule has 2 rings (SSSR count). The highest BCUT2D eigenvalue weighted by molar-refractivity contribution is 5.84. The van der Waals surface area contributed by atoms with E-state index in [4.69, 9.17) is 0 Å². The van der Waals surface area contributed by atoms with Crippen molar-refractivity contribution in [3.63, 3.8) is 0 Å². The van der Waals surface area contributed by atoms with Crippen molar-refractivity contribution in [2.75, 3.05) is 13.6 Å². The van der Waals surface area contributed by atoms with Crippen molar-refractivity contribution in [2.24, 2.45) is 0 Å². The summed E-state index contributed by atoms with van der Waals surface area (Å²) in [4.78, 5) is 13.7. The van der Waals surface area contributed by atoms with Gasteiger partial charge in [0.05, 0.1) is 5.92 Å². The van der Waals surface area contributed by atoms with Crippen molar-refractivity contribution in [2.45, 2.75) is 18.8 Å². The number of aromatic hydroxyl groups is 1. The second kappa shape index (κ2) is 3.93. The summed E-state index contributed by atoms with van der Waals surface area (Å²) in [6.45, 7) is 0.855. The predicted molar refractivity (Wildman–Crippen MR) is 57.7 cm³/mol. The molecule has 80 valence electrons. The molecule has 1 unspecified atom stereocenters. The summed E-state index contributed by atoms with van der Waals surface area (Å²) in [6.07, 6.45) is 1.96. The molecule has 1 aliphatic heterocycles. The minimum Gasteiger partial charge on any atom is -0.508 e. The Labute approximate surface area is 89.3 Å². The molecule has 1 heterocycles. The standard InChI is InChI=1S/C12H15NO2/c1-13-8-2-3-11(12(13)15)9-4-6-10(14)7-5-9/h4-7,11,14H,2-3,8H2,1H3. The van der Waals surface area contributed by atoms with Gasteiger partial charge in [0.2, 0.25) is 5.91 Å². The van der Waals surface area contributed by atoms with Gasteiger partial charge < -0.3 is 10.0 Å². The summed E-state index contributed by atoms with van der Waals surface area (Å²) in [6, 6.07) is 6.93. The number of amides is 1. The maximum absolute atomic E-state index is 11.9. The van der Waals surface area contributed by atoms with Gasteiger partial charge in [0.1, 0.15) is 5.75 Å². The molecule has 1 N–H and O–H groups in total. The van der Waals surface area contributed by atoms with E-state index in [1.165, 1.54) is 0 Å². The minimum atomic E-state index is -0.0238. The van der Waals surface area contributed by atoms with Crippen molar-refractivity contribution in [1.29, 1.82) is 0 Å². The third-order valence-corrected chi connectivity index (χ3v) is 2.96. The summed E-state index contributed by atoms with van der Waals surface area (Å²) >= 11 is 0. The number of benzene rings is 1. The first kappa shape index (κ1) is 10.0. The quantitative estimate of drug-likeness (QED) is 0.758. The second-order valence-corrected chi connectivity index (χ2v) is 4.05. The Morgan fingerprint density at radius 1 is 1.33 bits per heavy atom. The van der Waals surface area contributed by atoms with E-state index in [0.717, 1.165) is 24.9 Å². The zero-order chi connectivity index (χ0) is 10.8. The third-order valence-electron chi connectivity index (χ3n) is 2.96. The number of nitrogens with zero attached hydrogens (tertiary/aromatic N) is 1. The summed E-state index contributed by atoms with van der Waals surface area (Å²) in [5.41, 5.74) is 1.00. The summed E-state index contributed by atoms with van der Waals surface area (Å²) in [7, 11) is 1.84. The molecule has 1 aliphatic rings. The lowest BCUT2D eigenvalue weighted by Gasteiger charge is -2.29. The molecule has 3 heteroatoms. The van der Waals surface area contributed by atoms with Crippen LogP contribution in [0.25, 0.3) is 0 Å². The van der Waals surface area contributed by atoms with Crippen LogP contribution in [0.1, 0.15) is 24.3 Å². The Balaban J connectivity index is 2.22. The van der Waals surface area contributed by atoms with Gasteiger partial charge in [0.15, 0.2) is 0 Å². The second-order valence-electron chi connectivity index (χ2n) is 4.05. The molecule has 0 aromatic heterocycles. The number of hydrogen-bond acceptors (Lipinski definition) is 2. The number of carbonyl (C=O) groups excluding carboxylic acids is 1. The van der Waals surface area contributed by atoms with Gasteiger partial charge in [-0.05, 0) is 30.5 Å². The van der Waals surface area contributed by atoms with Crippen molar-refractivity contribution < 1.29 is 9.90 Å². The highest BCUT2D eigenvalue weighted by Gasteiger charge is 2.27. The molecule has 0 aliphatic carbocycles. The summed E-state index contributed by atoms with van der Waals surface area (Å²) in [5.74, 6) is 0.409. The molecule has 0 bridgehead atoms. The fraction of sp³-hybridized carbons (Fsp3) is 0.417. The molecule has 1 aromatic carbocycles. The highest BCUT2D eigenvalue weighted by Crippen LogP contribution is 2.28. The molecule has 1 saturated heterocycles. The number of likely N-dealkylation sites (tertiary alicyclic amines) is 1. The highest BCUT2D eigenvalue weighted by atomic mass is 16.3. The molecule has 3 nitrogen and oxygen atoms in total. The van der Waals surface area contributed by atoms with Gasteiger partial charge in [0, 0.05) is 13.6 Å². The van der Waals surface area contributed by atoms with Gasteiger partial charge in [0.25, 0.3) is 0 Å². The normalized spacial score (nSPS) is 21.8. The first-order valence-electron chi connectivity index (χ1n) is 5.22. The lowest BCUT2D eigenvalue weighted by molar-refractivity contribution is -0.133. The van der Waals surface area contributed by atoms with E-state index in [2.05, 4.69) is 0 Å². The molecule has 15 heavy (non-hydrogen) atoms. The predicted octanol–water partition coefficient (Wildman–Crippen LogP) is 1.73. The smallest absolute Gasteiger partial charge is 0.229 e. The molecule has 1 atom stereocenters. The molecule has 0 spiro atoms. The SMILES string of the molecule is CN1CCCC(c2ccc(O)cc2)C1=O. The van der Waals surface area contributed by atoms with Crippen LogP contribution in [0.5, 0.6) is 5.75 Å². The zero-order valence-corrected chi connectivity index (χ0v) is 8.81. The van der Waals surface area contributed by atoms with Crippen molar-refractivity contribution in [3.8, 4) is 5.75 Å². The Hall–Kier alpha value is -1.51. The lowest BCUT2D eigenvalue weighted by Crippen LogP contribution is -2.36. The van der Waals surface area contributed by atoms with Crippen LogP contribution in [0, 0.1) is 0 Å². The molecule has 1 aromatic rings. The monoisotopic (exact) mass is 205 g/mol. The molecular weight excluding hydrogens is 190 g/mol. The Morgan fingerprint density at radius 3 is 2.67 bits per heavy atom. The molecule has 1 amide bonds. The van der Waals surface area contributed by atoms with Crippen LogP contribution in [-0.4, -0.2) is 29.5 Å². The van der Waals surface area contributed by atoms with Gasteiger partial charge in [-0.25, -0.2) is 0 Å². The molecule has 0 saturated carbocycles. The van der Waals surface area contributed by atoms with E-state index >= 15 is 0 Å². The van der Waals surface area contributed by atoms with Crippen LogP contribution in [0.15, 0.2) is 24.3 Å². The van der Waals surface area contributed by atoms with E-state index in [1.807, 2.05) is 19.2 Å². The molecular formula is C12H15NO2. The number of rotatable bonds is 1. The van der Waals surface area contributed by atoms with Gasteiger partial charge in [-0.15, -0.1) is 0 Å². The number of phenolic OH excluding ortho intramolecular Hbond substituents is 1. The first-order chi connectivity index (χ1) is 7.18.